The van der Waals surface area contributed by atoms with Crippen LogP contribution in [-0.4, -0.2) is 29.5 Å². The third-order valence-electron chi connectivity index (χ3n) is 2.95. The predicted molar refractivity (Wildman–Crippen MR) is 80.0 cm³/mol. The number of pyridine rings is 2. The van der Waals surface area contributed by atoms with Gasteiger partial charge in [-0.2, -0.15) is 0 Å². The molecular formula is C15H18N4O. The first-order valence-corrected chi connectivity index (χ1v) is 6.60. The van der Waals surface area contributed by atoms with Crippen LogP contribution >= 0.6 is 0 Å². The molecule has 0 saturated heterocycles. The lowest BCUT2D eigenvalue weighted by molar-refractivity contribution is 0.0993. The van der Waals surface area contributed by atoms with Gasteiger partial charge >= 0.3 is 0 Å². The molecule has 0 bridgehead atoms. The van der Waals surface area contributed by atoms with Crippen LogP contribution in [-0.2, 0) is 0 Å². The van der Waals surface area contributed by atoms with E-state index in [-0.39, 0.29) is 5.91 Å². The number of carbonyl (C=O) groups is 1. The summed E-state index contributed by atoms with van der Waals surface area (Å²) in [5, 5.41) is 3.22. The lowest BCUT2D eigenvalue weighted by Crippen LogP contribution is -2.27. The molecule has 0 aromatic carbocycles. The Kier molecular flexibility index (Phi) is 4.65. The third kappa shape index (κ3) is 3.12. The van der Waals surface area contributed by atoms with Crippen LogP contribution in [0.25, 0.3) is 0 Å². The first kappa shape index (κ1) is 14.0. The summed E-state index contributed by atoms with van der Waals surface area (Å²) in [6.45, 7) is 2.88. The van der Waals surface area contributed by atoms with Gasteiger partial charge in [0, 0.05) is 26.0 Å². The van der Waals surface area contributed by atoms with E-state index < -0.39 is 0 Å². The van der Waals surface area contributed by atoms with Gasteiger partial charge in [0.2, 0.25) is 0 Å². The van der Waals surface area contributed by atoms with Crippen molar-refractivity contribution in [1.29, 1.82) is 0 Å². The quantitative estimate of drug-likeness (QED) is 0.907. The van der Waals surface area contributed by atoms with E-state index in [9.17, 15) is 4.79 Å². The third-order valence-corrected chi connectivity index (χ3v) is 2.95. The number of carbonyl (C=O) groups excluding carboxylic acids is 1. The van der Waals surface area contributed by atoms with E-state index in [4.69, 9.17) is 0 Å². The van der Waals surface area contributed by atoms with Crippen molar-refractivity contribution < 1.29 is 4.79 Å². The average molecular weight is 270 g/mol. The summed E-state index contributed by atoms with van der Waals surface area (Å²) in [7, 11) is 1.74. The molecule has 0 fully saturated rings. The van der Waals surface area contributed by atoms with Gasteiger partial charge in [0.05, 0.1) is 29.3 Å². The van der Waals surface area contributed by atoms with Crippen molar-refractivity contribution in [2.75, 3.05) is 23.8 Å². The van der Waals surface area contributed by atoms with E-state index in [0.717, 1.165) is 24.3 Å². The monoisotopic (exact) mass is 270 g/mol. The number of rotatable bonds is 5. The van der Waals surface area contributed by atoms with Gasteiger partial charge < -0.3 is 10.2 Å². The molecule has 0 aliphatic rings. The van der Waals surface area contributed by atoms with Crippen molar-refractivity contribution in [2.45, 2.75) is 13.3 Å². The number of hydrogen-bond acceptors (Lipinski definition) is 4. The summed E-state index contributed by atoms with van der Waals surface area (Å²) in [5.74, 6) is -0.0843. The molecule has 0 saturated carbocycles. The normalized spacial score (nSPS) is 10.1. The fourth-order valence-electron chi connectivity index (χ4n) is 1.83. The fraction of sp³-hybridized carbons (Fsp3) is 0.267. The minimum atomic E-state index is -0.0843. The molecular weight excluding hydrogens is 252 g/mol. The highest BCUT2D eigenvalue weighted by atomic mass is 16.2. The number of nitrogens with one attached hydrogen (secondary N) is 1. The lowest BCUT2D eigenvalue weighted by Gasteiger charge is -2.19. The number of aromatic nitrogens is 2. The molecule has 2 heterocycles. The summed E-state index contributed by atoms with van der Waals surface area (Å²) in [6.07, 6.45) is 7.64. The Morgan fingerprint density at radius 2 is 2.05 bits per heavy atom. The molecule has 2 aromatic rings. The maximum atomic E-state index is 12.6. The lowest BCUT2D eigenvalue weighted by atomic mass is 10.2. The van der Waals surface area contributed by atoms with E-state index in [2.05, 4.69) is 22.2 Å². The van der Waals surface area contributed by atoms with E-state index in [1.54, 1.807) is 42.8 Å². The summed E-state index contributed by atoms with van der Waals surface area (Å²) in [4.78, 5) is 22.2. The second kappa shape index (κ2) is 6.65. The fourth-order valence-corrected chi connectivity index (χ4v) is 1.83. The van der Waals surface area contributed by atoms with Gasteiger partial charge in [-0.25, -0.2) is 0 Å². The van der Waals surface area contributed by atoms with Crippen molar-refractivity contribution in [3.8, 4) is 0 Å². The first-order chi connectivity index (χ1) is 9.74. The number of hydrogen-bond donors (Lipinski definition) is 1. The summed E-state index contributed by atoms with van der Waals surface area (Å²) >= 11 is 0. The minimum Gasteiger partial charge on any atom is -0.383 e. The van der Waals surface area contributed by atoms with Crippen LogP contribution in [0.5, 0.6) is 0 Å². The largest absolute Gasteiger partial charge is 0.383 e. The van der Waals surface area contributed by atoms with Gasteiger partial charge in [-0.05, 0) is 24.6 Å². The standard InChI is InChI=1S/C15H18N4O/c1-3-7-18-14-11-17-9-6-13(14)15(20)19(2)12-5-4-8-16-10-12/h4-6,8-11,18H,3,7H2,1-2H3. The molecule has 1 N–H and O–H groups in total. The number of nitrogens with zero attached hydrogens (tertiary/aromatic N) is 3. The highest BCUT2D eigenvalue weighted by Gasteiger charge is 2.17. The molecule has 5 nitrogen and oxygen atoms in total. The SMILES string of the molecule is CCCNc1cnccc1C(=O)N(C)c1cccnc1. The highest BCUT2D eigenvalue weighted by molar-refractivity contribution is 6.09. The predicted octanol–water partition coefficient (Wildman–Crippen LogP) is 2.58. The number of anilines is 2. The maximum Gasteiger partial charge on any atom is 0.260 e. The molecule has 0 atom stereocenters. The van der Waals surface area contributed by atoms with Crippen LogP contribution in [0.3, 0.4) is 0 Å². The highest BCUT2D eigenvalue weighted by Crippen LogP contribution is 2.19. The Labute approximate surface area is 118 Å². The second-order valence-electron chi connectivity index (χ2n) is 4.42. The van der Waals surface area contributed by atoms with E-state index in [0.29, 0.717) is 5.56 Å². The zero-order chi connectivity index (χ0) is 14.4. The first-order valence-electron chi connectivity index (χ1n) is 6.60. The molecule has 0 aliphatic heterocycles. The van der Waals surface area contributed by atoms with Gasteiger partial charge in [0.25, 0.3) is 5.91 Å². The molecule has 20 heavy (non-hydrogen) atoms. The zero-order valence-corrected chi connectivity index (χ0v) is 11.7. The number of amides is 1. The molecule has 0 aliphatic carbocycles. The zero-order valence-electron chi connectivity index (χ0n) is 11.7. The van der Waals surface area contributed by atoms with Crippen LogP contribution in [0.2, 0.25) is 0 Å². The molecule has 0 spiro atoms. The minimum absolute atomic E-state index is 0.0843. The van der Waals surface area contributed by atoms with Crippen LogP contribution in [0, 0.1) is 0 Å². The van der Waals surface area contributed by atoms with Crippen molar-refractivity contribution in [1.82, 2.24) is 9.97 Å². The van der Waals surface area contributed by atoms with Crippen LogP contribution < -0.4 is 10.2 Å². The molecule has 1 amide bonds. The van der Waals surface area contributed by atoms with Gasteiger partial charge in [-0.3, -0.25) is 14.8 Å². The van der Waals surface area contributed by atoms with Crippen molar-refractivity contribution in [2.24, 2.45) is 0 Å². The van der Waals surface area contributed by atoms with Crippen molar-refractivity contribution in [3.63, 3.8) is 0 Å². The average Bonchev–Trinajstić information content (AvgIpc) is 2.52. The van der Waals surface area contributed by atoms with E-state index in [1.165, 1.54) is 0 Å². The molecule has 2 rings (SSSR count). The van der Waals surface area contributed by atoms with Crippen molar-refractivity contribution >= 4 is 17.3 Å². The summed E-state index contributed by atoms with van der Waals surface area (Å²) < 4.78 is 0. The van der Waals surface area contributed by atoms with Gasteiger partial charge in [-0.1, -0.05) is 6.92 Å². The van der Waals surface area contributed by atoms with Crippen LogP contribution in [0.1, 0.15) is 23.7 Å². The van der Waals surface area contributed by atoms with E-state index in [1.807, 2.05) is 12.1 Å². The molecule has 2 aromatic heterocycles. The molecule has 104 valence electrons. The molecule has 0 unspecified atom stereocenters. The summed E-state index contributed by atoms with van der Waals surface area (Å²) in [5.41, 5.74) is 2.13. The van der Waals surface area contributed by atoms with Crippen molar-refractivity contribution in [3.05, 3.63) is 48.5 Å². The summed E-state index contributed by atoms with van der Waals surface area (Å²) in [6, 6.07) is 5.39. The topological polar surface area (TPSA) is 58.1 Å². The Morgan fingerprint density at radius 3 is 2.75 bits per heavy atom. The molecule has 0 radical (unpaired) electrons. The Balaban J connectivity index is 2.25. The Hall–Kier alpha value is -2.43. The van der Waals surface area contributed by atoms with E-state index >= 15 is 0 Å². The molecule has 5 heteroatoms. The van der Waals surface area contributed by atoms with Gasteiger partial charge in [0.1, 0.15) is 0 Å². The van der Waals surface area contributed by atoms with Gasteiger partial charge in [-0.15, -0.1) is 0 Å². The smallest absolute Gasteiger partial charge is 0.260 e. The Morgan fingerprint density at radius 1 is 1.25 bits per heavy atom. The van der Waals surface area contributed by atoms with Crippen LogP contribution in [0.4, 0.5) is 11.4 Å². The van der Waals surface area contributed by atoms with Crippen LogP contribution in [0.15, 0.2) is 43.0 Å². The van der Waals surface area contributed by atoms with Gasteiger partial charge in [0.15, 0.2) is 0 Å². The Bertz CT molecular complexity index is 571. The maximum absolute atomic E-state index is 12.6. The second-order valence-corrected chi connectivity index (χ2v) is 4.42.